The van der Waals surface area contributed by atoms with Gasteiger partial charge in [-0.05, 0) is 37.3 Å². The molecule has 2 rings (SSSR count). The quantitative estimate of drug-likeness (QED) is 0.836. The number of carbonyl (C=O) groups excluding carboxylic acids is 1. The predicted octanol–water partition coefficient (Wildman–Crippen LogP) is 2.90. The number of hydrogen-bond acceptors (Lipinski definition) is 2. The van der Waals surface area contributed by atoms with Crippen molar-refractivity contribution in [3.63, 3.8) is 0 Å². The molecule has 1 fully saturated rings. The van der Waals surface area contributed by atoms with Crippen molar-refractivity contribution < 1.29 is 19.1 Å². The summed E-state index contributed by atoms with van der Waals surface area (Å²) >= 11 is 0. The minimum absolute atomic E-state index is 0.106. The second-order valence-corrected chi connectivity index (χ2v) is 4.85. The van der Waals surface area contributed by atoms with Crippen molar-refractivity contribution >= 4 is 11.8 Å². The second kappa shape index (κ2) is 5.29. The molecular weight excluding hydrogens is 235 g/mol. The maximum atomic E-state index is 13.0. The van der Waals surface area contributed by atoms with Crippen molar-refractivity contribution in [1.29, 1.82) is 0 Å². The summed E-state index contributed by atoms with van der Waals surface area (Å²) in [6.07, 6.45) is 2.26. The highest BCUT2D eigenvalue weighted by atomic mass is 19.1. The number of aliphatic carboxylic acids is 1. The highest BCUT2D eigenvalue weighted by Crippen LogP contribution is 2.33. The van der Waals surface area contributed by atoms with Gasteiger partial charge in [0.25, 0.3) is 0 Å². The third-order valence-corrected chi connectivity index (χ3v) is 3.51. The zero-order chi connectivity index (χ0) is 13.1. The average molecular weight is 250 g/mol. The van der Waals surface area contributed by atoms with E-state index in [4.69, 9.17) is 5.11 Å². The smallest absolute Gasteiger partial charge is 0.306 e. The molecule has 0 amide bonds. The number of rotatable bonds is 4. The van der Waals surface area contributed by atoms with Gasteiger partial charge in [-0.25, -0.2) is 4.39 Å². The van der Waals surface area contributed by atoms with E-state index in [1.807, 2.05) is 0 Å². The van der Waals surface area contributed by atoms with Gasteiger partial charge in [0.05, 0.1) is 5.92 Å². The Morgan fingerprint density at radius 2 is 2.11 bits per heavy atom. The average Bonchev–Trinajstić information content (AvgIpc) is 2.77. The standard InChI is InChI=1S/C14H15FO3/c15-12-3-1-2-10(8-12)13(16)7-9-4-5-11(6-9)14(17)18/h1-3,8-9,11H,4-7H2,(H,17,18)/t9-,11+/m1/s1. The van der Waals surface area contributed by atoms with E-state index < -0.39 is 11.8 Å². The lowest BCUT2D eigenvalue weighted by Crippen LogP contribution is -2.11. The van der Waals surface area contributed by atoms with E-state index in [1.54, 1.807) is 6.07 Å². The lowest BCUT2D eigenvalue weighted by atomic mass is 9.96. The Kier molecular flexibility index (Phi) is 3.75. The normalized spacial score (nSPS) is 22.9. The van der Waals surface area contributed by atoms with Crippen LogP contribution in [0.2, 0.25) is 0 Å². The molecule has 0 radical (unpaired) electrons. The first-order valence-corrected chi connectivity index (χ1v) is 6.08. The third kappa shape index (κ3) is 2.94. The number of Topliss-reactive ketones (excluding diaryl/α,β-unsaturated/α-hetero) is 1. The third-order valence-electron chi connectivity index (χ3n) is 3.51. The van der Waals surface area contributed by atoms with Gasteiger partial charge in [-0.2, -0.15) is 0 Å². The predicted molar refractivity (Wildman–Crippen MR) is 63.8 cm³/mol. The summed E-state index contributed by atoms with van der Waals surface area (Å²) in [5, 5.41) is 8.88. The summed E-state index contributed by atoms with van der Waals surface area (Å²) < 4.78 is 13.0. The van der Waals surface area contributed by atoms with Crippen LogP contribution in [0, 0.1) is 17.7 Å². The minimum Gasteiger partial charge on any atom is -0.481 e. The fourth-order valence-electron chi connectivity index (χ4n) is 2.53. The van der Waals surface area contributed by atoms with Crippen molar-refractivity contribution in [3.8, 4) is 0 Å². The molecule has 4 heteroatoms. The second-order valence-electron chi connectivity index (χ2n) is 4.85. The van der Waals surface area contributed by atoms with Gasteiger partial charge in [0.2, 0.25) is 0 Å². The van der Waals surface area contributed by atoms with Gasteiger partial charge >= 0.3 is 5.97 Å². The Morgan fingerprint density at radius 3 is 2.72 bits per heavy atom. The largest absolute Gasteiger partial charge is 0.481 e. The van der Waals surface area contributed by atoms with Gasteiger partial charge in [-0.1, -0.05) is 12.1 Å². The van der Waals surface area contributed by atoms with Gasteiger partial charge in [-0.3, -0.25) is 9.59 Å². The summed E-state index contributed by atoms with van der Waals surface area (Å²) in [7, 11) is 0. The summed E-state index contributed by atoms with van der Waals surface area (Å²) in [5.41, 5.74) is 0.369. The van der Waals surface area contributed by atoms with E-state index in [0.29, 0.717) is 24.8 Å². The molecule has 0 heterocycles. The van der Waals surface area contributed by atoms with Crippen LogP contribution in [0.4, 0.5) is 4.39 Å². The number of carboxylic acid groups (broad SMARTS) is 1. The molecule has 0 unspecified atom stereocenters. The molecular formula is C14H15FO3. The Labute approximate surface area is 105 Å². The van der Waals surface area contributed by atoms with Gasteiger partial charge in [-0.15, -0.1) is 0 Å². The first-order chi connectivity index (χ1) is 8.56. The first-order valence-electron chi connectivity index (χ1n) is 6.08. The van der Waals surface area contributed by atoms with Gasteiger partial charge in [0, 0.05) is 12.0 Å². The molecule has 1 aromatic rings. The van der Waals surface area contributed by atoms with E-state index in [2.05, 4.69) is 0 Å². The van der Waals surface area contributed by atoms with E-state index >= 15 is 0 Å². The summed E-state index contributed by atoms with van der Waals surface area (Å²) in [6, 6.07) is 5.63. The van der Waals surface area contributed by atoms with Crippen LogP contribution in [0.5, 0.6) is 0 Å². The molecule has 0 aliphatic heterocycles. The molecule has 0 bridgehead atoms. The van der Waals surface area contributed by atoms with Gasteiger partial charge in [0.15, 0.2) is 5.78 Å². The topological polar surface area (TPSA) is 54.4 Å². The van der Waals surface area contributed by atoms with Crippen LogP contribution in [-0.4, -0.2) is 16.9 Å². The van der Waals surface area contributed by atoms with Crippen molar-refractivity contribution in [2.45, 2.75) is 25.7 Å². The molecule has 3 nitrogen and oxygen atoms in total. The molecule has 96 valence electrons. The number of carbonyl (C=O) groups is 2. The lowest BCUT2D eigenvalue weighted by molar-refractivity contribution is -0.141. The van der Waals surface area contributed by atoms with Crippen LogP contribution in [0.3, 0.4) is 0 Å². The van der Waals surface area contributed by atoms with Crippen molar-refractivity contribution in [2.75, 3.05) is 0 Å². The van der Waals surface area contributed by atoms with Crippen LogP contribution in [0.1, 0.15) is 36.0 Å². The van der Waals surface area contributed by atoms with Crippen molar-refractivity contribution in [2.24, 2.45) is 11.8 Å². The molecule has 1 saturated carbocycles. The Balaban J connectivity index is 1.95. The zero-order valence-electron chi connectivity index (χ0n) is 9.93. The maximum Gasteiger partial charge on any atom is 0.306 e. The summed E-state index contributed by atoms with van der Waals surface area (Å²) in [4.78, 5) is 22.7. The number of hydrogen-bond donors (Lipinski definition) is 1. The summed E-state index contributed by atoms with van der Waals surface area (Å²) in [6.45, 7) is 0. The van der Waals surface area contributed by atoms with Crippen molar-refractivity contribution in [3.05, 3.63) is 35.6 Å². The molecule has 1 N–H and O–H groups in total. The Bertz CT molecular complexity index is 470. The Hall–Kier alpha value is -1.71. The lowest BCUT2D eigenvalue weighted by Gasteiger charge is -2.08. The van der Waals surface area contributed by atoms with Crippen molar-refractivity contribution in [1.82, 2.24) is 0 Å². The number of benzene rings is 1. The fourth-order valence-corrected chi connectivity index (χ4v) is 2.53. The number of carboxylic acids is 1. The monoisotopic (exact) mass is 250 g/mol. The fraction of sp³-hybridized carbons (Fsp3) is 0.429. The first kappa shape index (κ1) is 12.7. The van der Waals surface area contributed by atoms with Crippen LogP contribution < -0.4 is 0 Å². The van der Waals surface area contributed by atoms with Crippen LogP contribution >= 0.6 is 0 Å². The molecule has 2 atom stereocenters. The van der Waals surface area contributed by atoms with Crippen LogP contribution in [-0.2, 0) is 4.79 Å². The van der Waals surface area contributed by atoms with E-state index in [-0.39, 0.29) is 17.6 Å². The highest BCUT2D eigenvalue weighted by molar-refractivity contribution is 5.96. The van der Waals surface area contributed by atoms with Crippen LogP contribution in [0.25, 0.3) is 0 Å². The molecule has 0 saturated heterocycles. The molecule has 1 aromatic carbocycles. The number of halogens is 1. The highest BCUT2D eigenvalue weighted by Gasteiger charge is 2.30. The van der Waals surface area contributed by atoms with E-state index in [9.17, 15) is 14.0 Å². The molecule has 18 heavy (non-hydrogen) atoms. The summed E-state index contributed by atoms with van der Waals surface area (Å²) in [5.74, 6) is -1.52. The molecule has 0 spiro atoms. The van der Waals surface area contributed by atoms with Gasteiger partial charge in [0.1, 0.15) is 5.82 Å². The minimum atomic E-state index is -0.782. The van der Waals surface area contributed by atoms with E-state index in [1.165, 1.54) is 18.2 Å². The maximum absolute atomic E-state index is 13.0. The molecule has 1 aliphatic rings. The molecule has 0 aromatic heterocycles. The van der Waals surface area contributed by atoms with Crippen LogP contribution in [0.15, 0.2) is 24.3 Å². The Morgan fingerprint density at radius 1 is 1.33 bits per heavy atom. The van der Waals surface area contributed by atoms with E-state index in [0.717, 1.165) is 6.42 Å². The molecule has 1 aliphatic carbocycles. The zero-order valence-corrected chi connectivity index (χ0v) is 9.93. The number of ketones is 1. The SMILES string of the molecule is O=C(C[C@@H]1CC[C@H](C(=O)O)C1)c1cccc(F)c1. The van der Waals surface area contributed by atoms with Gasteiger partial charge < -0.3 is 5.11 Å².